The van der Waals surface area contributed by atoms with Gasteiger partial charge in [0.2, 0.25) is 6.29 Å². The van der Waals surface area contributed by atoms with Crippen molar-refractivity contribution in [2.45, 2.75) is 29.5 Å². The van der Waals surface area contributed by atoms with E-state index in [1.54, 1.807) is 97.1 Å². The molecule has 15 heteroatoms. The summed E-state index contributed by atoms with van der Waals surface area (Å²) in [6.45, 7) is -0.590. The van der Waals surface area contributed by atoms with Gasteiger partial charge < -0.3 is 18.9 Å². The van der Waals surface area contributed by atoms with Crippen LogP contribution in [0.25, 0.3) is 0 Å². The minimum Gasteiger partial charge on any atom is -0.459 e. The predicted octanol–water partition coefficient (Wildman–Crippen LogP) is 6.45. The number of esters is 2. The summed E-state index contributed by atoms with van der Waals surface area (Å²) in [5, 5.41) is 11.2. The van der Waals surface area contributed by atoms with E-state index in [1.165, 1.54) is 29.2 Å². The van der Waals surface area contributed by atoms with E-state index in [2.05, 4.69) is 0 Å². The van der Waals surface area contributed by atoms with Crippen LogP contribution < -0.4 is 4.90 Å². The first-order chi connectivity index (χ1) is 25.6. The number of nitro benzene ring substituents is 1. The number of rotatable bonds is 12. The number of nitro groups is 1. The number of hydrogen-bond acceptors (Lipinski definition) is 12. The Morgan fingerprint density at radius 2 is 1.15 bits per heavy atom. The summed E-state index contributed by atoms with van der Waals surface area (Å²) in [4.78, 5) is 51.6. The Balaban J connectivity index is 1.37. The van der Waals surface area contributed by atoms with Crippen LogP contribution in [0.3, 0.4) is 0 Å². The van der Waals surface area contributed by atoms with Gasteiger partial charge in [0.05, 0.1) is 32.3 Å². The lowest BCUT2D eigenvalue weighted by molar-refractivity contribution is -0.384. The SMILES string of the molecule is O=C(OC[C@H]1O[C@@H](OC(=O)N(c2ccccc2)c2ccccc2)[C@@H](OS(=O)(=O)c2ccc([N+](=O)[O-])cc2)[C@@H]1OC(=O)c1ccccc1)c1ccccc1. The molecular weight excluding hydrogens is 708 g/mol. The van der Waals surface area contributed by atoms with Gasteiger partial charge in [0, 0.05) is 12.1 Å². The standard InChI is InChI=1S/C38H30N2O12S/c41-35(26-13-5-1-6-14-26)48-25-32-33(50-36(42)27-15-7-2-8-16-27)34(52-53(46,47)31-23-21-30(22-24-31)40(44)45)37(49-32)51-38(43)39(28-17-9-3-10-18-28)29-19-11-4-12-20-29/h1-24,32-34,37H,25H2/t32-,33-,34+,37+/m1/s1. The Morgan fingerprint density at radius 3 is 1.66 bits per heavy atom. The predicted molar refractivity (Wildman–Crippen MR) is 188 cm³/mol. The molecule has 0 unspecified atom stereocenters. The van der Waals surface area contributed by atoms with Crippen LogP contribution in [0.4, 0.5) is 21.9 Å². The van der Waals surface area contributed by atoms with Gasteiger partial charge in [-0.1, -0.05) is 72.8 Å². The number of carbonyl (C=O) groups is 3. The van der Waals surface area contributed by atoms with Crippen LogP contribution in [0.15, 0.2) is 150 Å². The molecular formula is C38H30N2O12S. The molecule has 14 nitrogen and oxygen atoms in total. The molecule has 270 valence electrons. The molecule has 1 amide bonds. The lowest BCUT2D eigenvalue weighted by Crippen LogP contribution is -2.43. The molecule has 1 aliphatic heterocycles. The molecule has 5 aromatic carbocycles. The van der Waals surface area contributed by atoms with Crippen LogP contribution in [0.1, 0.15) is 20.7 Å². The molecule has 0 aliphatic carbocycles. The fraction of sp³-hybridized carbons (Fsp3) is 0.132. The van der Waals surface area contributed by atoms with Crippen molar-refractivity contribution in [1.82, 2.24) is 0 Å². The van der Waals surface area contributed by atoms with Crippen LogP contribution in [0.5, 0.6) is 0 Å². The van der Waals surface area contributed by atoms with Crippen molar-refractivity contribution in [3.63, 3.8) is 0 Å². The Morgan fingerprint density at radius 1 is 0.660 bits per heavy atom. The topological polar surface area (TPSA) is 178 Å². The summed E-state index contributed by atoms with van der Waals surface area (Å²) in [7, 11) is -4.82. The summed E-state index contributed by atoms with van der Waals surface area (Å²) in [6.07, 6.45) is -7.85. The minimum absolute atomic E-state index is 0.0873. The summed E-state index contributed by atoms with van der Waals surface area (Å²) in [5.74, 6) is -1.68. The van der Waals surface area contributed by atoms with E-state index in [-0.39, 0.29) is 16.8 Å². The molecule has 0 N–H and O–H groups in total. The zero-order valence-electron chi connectivity index (χ0n) is 27.6. The second kappa shape index (κ2) is 16.3. The van der Waals surface area contributed by atoms with Crippen molar-refractivity contribution in [1.29, 1.82) is 0 Å². The second-order valence-corrected chi connectivity index (χ2v) is 13.0. The summed E-state index contributed by atoms with van der Waals surface area (Å²) in [6, 6.07) is 36.5. The molecule has 0 saturated carbocycles. The third-order valence-electron chi connectivity index (χ3n) is 7.91. The maximum absolute atomic E-state index is 14.1. The maximum Gasteiger partial charge on any atom is 0.421 e. The van der Waals surface area contributed by atoms with Gasteiger partial charge in [-0.05, 0) is 60.7 Å². The molecule has 5 aromatic rings. The maximum atomic E-state index is 14.1. The molecule has 1 heterocycles. The molecule has 1 saturated heterocycles. The lowest BCUT2D eigenvalue weighted by atomic mass is 10.1. The fourth-order valence-electron chi connectivity index (χ4n) is 5.35. The molecule has 0 spiro atoms. The third-order valence-corrected chi connectivity index (χ3v) is 9.24. The van der Waals surface area contributed by atoms with E-state index in [9.17, 15) is 32.9 Å². The van der Waals surface area contributed by atoms with Crippen LogP contribution >= 0.6 is 0 Å². The summed E-state index contributed by atoms with van der Waals surface area (Å²) >= 11 is 0. The van der Waals surface area contributed by atoms with Crippen molar-refractivity contribution in [3.05, 3.63) is 167 Å². The highest BCUT2D eigenvalue weighted by atomic mass is 32.2. The molecule has 0 bridgehead atoms. The largest absolute Gasteiger partial charge is 0.459 e. The van der Waals surface area contributed by atoms with Gasteiger partial charge in [-0.3, -0.25) is 14.3 Å². The molecule has 1 aliphatic rings. The Labute approximate surface area is 303 Å². The van der Waals surface area contributed by atoms with E-state index in [0.29, 0.717) is 11.4 Å². The van der Waals surface area contributed by atoms with Crippen molar-refractivity contribution < 1.29 is 50.9 Å². The fourth-order valence-corrected chi connectivity index (χ4v) is 6.42. The number of benzene rings is 5. The quantitative estimate of drug-likeness (QED) is 0.0450. The van der Waals surface area contributed by atoms with E-state index in [0.717, 1.165) is 24.3 Å². The van der Waals surface area contributed by atoms with Gasteiger partial charge >= 0.3 is 18.0 Å². The lowest BCUT2D eigenvalue weighted by Gasteiger charge is -2.26. The van der Waals surface area contributed by atoms with E-state index < -0.39 is 69.2 Å². The molecule has 53 heavy (non-hydrogen) atoms. The first-order valence-electron chi connectivity index (χ1n) is 16.0. The summed E-state index contributed by atoms with van der Waals surface area (Å²) < 4.78 is 56.2. The molecule has 1 fully saturated rings. The van der Waals surface area contributed by atoms with Crippen molar-refractivity contribution in [3.8, 4) is 0 Å². The molecule has 0 radical (unpaired) electrons. The highest BCUT2D eigenvalue weighted by Crippen LogP contribution is 2.34. The van der Waals surface area contributed by atoms with E-state index in [4.69, 9.17) is 23.1 Å². The number of anilines is 2. The average Bonchev–Trinajstić information content (AvgIpc) is 3.48. The van der Waals surface area contributed by atoms with Gasteiger partial charge in [-0.2, -0.15) is 8.42 Å². The van der Waals surface area contributed by atoms with Crippen molar-refractivity contribution >= 4 is 45.2 Å². The molecule has 6 rings (SSSR count). The number of non-ortho nitro benzene ring substituents is 1. The Bertz CT molecular complexity index is 2120. The van der Waals surface area contributed by atoms with Gasteiger partial charge in [0.15, 0.2) is 12.2 Å². The van der Waals surface area contributed by atoms with Crippen LogP contribution in [-0.2, 0) is 33.2 Å². The monoisotopic (exact) mass is 738 g/mol. The van der Waals surface area contributed by atoms with Gasteiger partial charge in [-0.25, -0.2) is 19.3 Å². The first kappa shape index (κ1) is 36.4. The molecule has 0 aromatic heterocycles. The third kappa shape index (κ3) is 8.73. The Kier molecular flexibility index (Phi) is 11.2. The van der Waals surface area contributed by atoms with Gasteiger partial charge in [-0.15, -0.1) is 0 Å². The number of amides is 1. The average molecular weight is 739 g/mol. The Hall–Kier alpha value is -6.42. The van der Waals surface area contributed by atoms with Crippen LogP contribution in [0, 0.1) is 10.1 Å². The second-order valence-electron chi connectivity index (χ2n) is 11.4. The number of nitrogens with zero attached hydrogens (tertiary/aromatic N) is 2. The number of ether oxygens (including phenoxy) is 4. The molecule has 4 atom stereocenters. The van der Waals surface area contributed by atoms with Gasteiger partial charge in [0.25, 0.3) is 15.8 Å². The van der Waals surface area contributed by atoms with E-state index >= 15 is 0 Å². The highest BCUT2D eigenvalue weighted by Gasteiger charge is 2.53. The number of para-hydroxylation sites is 2. The number of carbonyl (C=O) groups excluding carboxylic acids is 3. The van der Waals surface area contributed by atoms with E-state index in [1.807, 2.05) is 0 Å². The van der Waals surface area contributed by atoms with Crippen LogP contribution in [0.2, 0.25) is 0 Å². The normalized spacial score (nSPS) is 18.0. The van der Waals surface area contributed by atoms with Crippen molar-refractivity contribution in [2.75, 3.05) is 11.5 Å². The first-order valence-corrected chi connectivity index (χ1v) is 17.4. The zero-order chi connectivity index (χ0) is 37.4. The van der Waals surface area contributed by atoms with Crippen LogP contribution in [-0.4, -0.2) is 62.6 Å². The highest BCUT2D eigenvalue weighted by molar-refractivity contribution is 7.86. The summed E-state index contributed by atoms with van der Waals surface area (Å²) in [5.41, 5.74) is 0.679. The smallest absolute Gasteiger partial charge is 0.421 e. The van der Waals surface area contributed by atoms with Gasteiger partial charge in [0.1, 0.15) is 12.7 Å². The minimum atomic E-state index is -4.82. The zero-order valence-corrected chi connectivity index (χ0v) is 28.4. The number of hydrogen-bond donors (Lipinski definition) is 0. The van der Waals surface area contributed by atoms with Crippen molar-refractivity contribution in [2.24, 2.45) is 0 Å².